The molecular weight excluding hydrogens is 337 g/mol. The van der Waals surface area contributed by atoms with Gasteiger partial charge in [0.05, 0.1) is 29.5 Å². The van der Waals surface area contributed by atoms with E-state index in [0.29, 0.717) is 6.20 Å². The van der Waals surface area contributed by atoms with Gasteiger partial charge in [0.15, 0.2) is 6.10 Å². The summed E-state index contributed by atoms with van der Waals surface area (Å²) in [6.07, 6.45) is -4.80. The summed E-state index contributed by atoms with van der Waals surface area (Å²) in [7, 11) is 0. The maximum absolute atomic E-state index is 12.4. The third kappa shape index (κ3) is 4.83. The van der Waals surface area contributed by atoms with Crippen molar-refractivity contribution in [1.82, 2.24) is 9.88 Å². The number of rotatable bonds is 4. The van der Waals surface area contributed by atoms with Gasteiger partial charge in [-0.1, -0.05) is 11.8 Å². The number of pyridine rings is 1. The van der Waals surface area contributed by atoms with Crippen LogP contribution >= 0.6 is 11.8 Å². The van der Waals surface area contributed by atoms with Crippen LogP contribution in [0.15, 0.2) is 23.4 Å². The molecule has 2 rings (SSSR count). The highest BCUT2D eigenvalue weighted by molar-refractivity contribution is 7.99. The van der Waals surface area contributed by atoms with E-state index >= 15 is 0 Å². The molecule has 1 atom stereocenters. The number of hydrogen-bond acceptors (Lipinski definition) is 5. The molecule has 0 saturated carbocycles. The van der Waals surface area contributed by atoms with Gasteiger partial charge >= 0.3 is 12.1 Å². The molecule has 0 spiro atoms. The van der Waals surface area contributed by atoms with Crippen molar-refractivity contribution in [3.05, 3.63) is 23.9 Å². The molecule has 0 bridgehead atoms. The van der Waals surface area contributed by atoms with Crippen molar-refractivity contribution in [3.63, 3.8) is 0 Å². The van der Waals surface area contributed by atoms with Crippen molar-refractivity contribution in [2.45, 2.75) is 17.3 Å². The standard InChI is InChI=1S/C13H13F3N2O4S/c14-13(15,16)8-1-2-10(17-5-8)23-7-11(19)18-3-4-22-9(6-18)12(20)21/h1-2,5,9H,3-4,6-7H2,(H,20,21). The van der Waals surface area contributed by atoms with E-state index in [-0.39, 0.29) is 36.4 Å². The monoisotopic (exact) mass is 350 g/mol. The van der Waals surface area contributed by atoms with Crippen LogP contribution in [0.1, 0.15) is 5.56 Å². The molecule has 1 aliphatic rings. The van der Waals surface area contributed by atoms with Crippen LogP contribution in [0.5, 0.6) is 0 Å². The van der Waals surface area contributed by atoms with Gasteiger partial charge in [0.25, 0.3) is 0 Å². The van der Waals surface area contributed by atoms with Crippen molar-refractivity contribution >= 4 is 23.6 Å². The van der Waals surface area contributed by atoms with Crippen LogP contribution in [0.2, 0.25) is 0 Å². The average molecular weight is 350 g/mol. The van der Waals surface area contributed by atoms with Crippen molar-refractivity contribution in [2.24, 2.45) is 0 Å². The van der Waals surface area contributed by atoms with Crippen LogP contribution in [0.4, 0.5) is 13.2 Å². The molecule has 0 radical (unpaired) electrons. The number of amides is 1. The molecule has 1 fully saturated rings. The average Bonchev–Trinajstić information content (AvgIpc) is 2.52. The lowest BCUT2D eigenvalue weighted by atomic mass is 10.3. The SMILES string of the molecule is O=C(O)C1CN(C(=O)CSc2ccc(C(F)(F)F)cn2)CCO1. The molecular formula is C13H13F3N2O4S. The fraction of sp³-hybridized carbons (Fsp3) is 0.462. The molecule has 1 aromatic rings. The van der Waals surface area contributed by atoms with Crippen LogP contribution in [0, 0.1) is 0 Å². The molecule has 1 N–H and O–H groups in total. The number of hydrogen-bond donors (Lipinski definition) is 1. The number of aliphatic carboxylic acids is 1. The Bertz CT molecular complexity index is 580. The number of thioether (sulfide) groups is 1. The number of carbonyl (C=O) groups is 2. The topological polar surface area (TPSA) is 79.7 Å². The number of carboxylic acid groups (broad SMARTS) is 1. The minimum atomic E-state index is -4.45. The van der Waals surface area contributed by atoms with Crippen molar-refractivity contribution in [3.8, 4) is 0 Å². The fourth-order valence-electron chi connectivity index (χ4n) is 1.89. The highest BCUT2D eigenvalue weighted by atomic mass is 32.2. The Hall–Kier alpha value is -1.81. The molecule has 0 aromatic carbocycles. The number of ether oxygens (including phenoxy) is 1. The van der Waals surface area contributed by atoms with Gasteiger partial charge in [-0.15, -0.1) is 0 Å². The molecule has 1 saturated heterocycles. The first-order valence-corrected chi connectivity index (χ1v) is 7.54. The van der Waals surface area contributed by atoms with Gasteiger partial charge in [-0.05, 0) is 12.1 Å². The smallest absolute Gasteiger partial charge is 0.417 e. The summed E-state index contributed by atoms with van der Waals surface area (Å²) in [4.78, 5) is 27.9. The second kappa shape index (κ2) is 7.18. The number of morpholine rings is 1. The van der Waals surface area contributed by atoms with Crippen LogP contribution in [0.3, 0.4) is 0 Å². The quantitative estimate of drug-likeness (QED) is 0.829. The van der Waals surface area contributed by atoms with E-state index in [0.717, 1.165) is 17.8 Å². The third-order valence-electron chi connectivity index (χ3n) is 3.10. The second-order valence-corrected chi connectivity index (χ2v) is 5.70. The van der Waals surface area contributed by atoms with E-state index < -0.39 is 23.8 Å². The molecule has 6 nitrogen and oxygen atoms in total. The Morgan fingerprint density at radius 2 is 2.17 bits per heavy atom. The number of aromatic nitrogens is 1. The molecule has 0 aliphatic carbocycles. The lowest BCUT2D eigenvalue weighted by molar-refractivity contribution is -0.158. The Labute approximate surface area is 133 Å². The number of nitrogens with zero attached hydrogens (tertiary/aromatic N) is 2. The van der Waals surface area contributed by atoms with Gasteiger partial charge in [0.2, 0.25) is 5.91 Å². The van der Waals surface area contributed by atoms with E-state index in [9.17, 15) is 22.8 Å². The second-order valence-electron chi connectivity index (χ2n) is 4.71. The van der Waals surface area contributed by atoms with Crippen LogP contribution in [0.25, 0.3) is 0 Å². The molecule has 126 valence electrons. The maximum Gasteiger partial charge on any atom is 0.417 e. The number of carboxylic acids is 1. The summed E-state index contributed by atoms with van der Waals surface area (Å²) in [6.45, 7) is 0.366. The number of carbonyl (C=O) groups excluding carboxylic acids is 1. The molecule has 23 heavy (non-hydrogen) atoms. The zero-order valence-electron chi connectivity index (χ0n) is 11.7. The number of alkyl halides is 3. The molecule has 10 heteroatoms. The Morgan fingerprint density at radius 1 is 1.43 bits per heavy atom. The molecule has 1 aromatic heterocycles. The Morgan fingerprint density at radius 3 is 2.74 bits per heavy atom. The van der Waals surface area contributed by atoms with Crippen LogP contribution < -0.4 is 0 Å². The van der Waals surface area contributed by atoms with E-state index in [1.807, 2.05) is 0 Å². The first-order valence-electron chi connectivity index (χ1n) is 6.55. The minimum absolute atomic E-state index is 0.0370. The predicted octanol–water partition coefficient (Wildman–Crippen LogP) is 1.50. The number of halogens is 3. The first-order chi connectivity index (χ1) is 10.8. The lowest BCUT2D eigenvalue weighted by Gasteiger charge is -2.30. The normalized spacial score (nSPS) is 18.7. The summed E-state index contributed by atoms with van der Waals surface area (Å²) in [5.74, 6) is -1.49. The van der Waals surface area contributed by atoms with Crippen molar-refractivity contribution in [1.29, 1.82) is 0 Å². The van der Waals surface area contributed by atoms with Gasteiger partial charge < -0.3 is 14.7 Å². The Kier molecular flexibility index (Phi) is 5.47. The maximum atomic E-state index is 12.4. The van der Waals surface area contributed by atoms with Gasteiger partial charge in [-0.25, -0.2) is 9.78 Å². The van der Waals surface area contributed by atoms with Gasteiger partial charge in [0, 0.05) is 12.7 Å². The van der Waals surface area contributed by atoms with Gasteiger partial charge in [-0.2, -0.15) is 13.2 Å². The zero-order chi connectivity index (χ0) is 17.0. The van der Waals surface area contributed by atoms with Crippen LogP contribution in [-0.4, -0.2) is 58.4 Å². The highest BCUT2D eigenvalue weighted by Crippen LogP contribution is 2.29. The fourth-order valence-corrected chi connectivity index (χ4v) is 2.63. The zero-order valence-corrected chi connectivity index (χ0v) is 12.6. The first kappa shape index (κ1) is 17.5. The third-order valence-corrected chi connectivity index (χ3v) is 4.03. The van der Waals surface area contributed by atoms with E-state index in [2.05, 4.69) is 4.98 Å². The lowest BCUT2D eigenvalue weighted by Crippen LogP contribution is -2.49. The molecule has 1 amide bonds. The Balaban J connectivity index is 1.88. The molecule has 1 aliphatic heterocycles. The van der Waals surface area contributed by atoms with Crippen molar-refractivity contribution in [2.75, 3.05) is 25.4 Å². The van der Waals surface area contributed by atoms with Crippen LogP contribution in [-0.2, 0) is 20.5 Å². The summed E-state index contributed by atoms with van der Waals surface area (Å²) >= 11 is 0.993. The summed E-state index contributed by atoms with van der Waals surface area (Å²) in [6, 6.07) is 2.09. The summed E-state index contributed by atoms with van der Waals surface area (Å²) in [5, 5.41) is 9.15. The van der Waals surface area contributed by atoms with Gasteiger partial charge in [0.1, 0.15) is 0 Å². The minimum Gasteiger partial charge on any atom is -0.479 e. The predicted molar refractivity (Wildman–Crippen MR) is 73.9 cm³/mol. The van der Waals surface area contributed by atoms with E-state index in [1.54, 1.807) is 0 Å². The largest absolute Gasteiger partial charge is 0.479 e. The summed E-state index contributed by atoms with van der Waals surface area (Å²) < 4.78 is 42.2. The molecule has 1 unspecified atom stereocenters. The molecule has 2 heterocycles. The van der Waals surface area contributed by atoms with Crippen molar-refractivity contribution < 1.29 is 32.6 Å². The summed E-state index contributed by atoms with van der Waals surface area (Å²) in [5.41, 5.74) is -0.856. The highest BCUT2D eigenvalue weighted by Gasteiger charge is 2.31. The van der Waals surface area contributed by atoms with E-state index in [4.69, 9.17) is 9.84 Å². The van der Waals surface area contributed by atoms with E-state index in [1.165, 1.54) is 11.0 Å². The van der Waals surface area contributed by atoms with Gasteiger partial charge in [-0.3, -0.25) is 4.79 Å².